The molecule has 3 aromatic heterocycles. The topological polar surface area (TPSA) is 95.7 Å². The van der Waals surface area contributed by atoms with E-state index in [0.717, 1.165) is 6.42 Å². The molecule has 0 atom stereocenters. The van der Waals surface area contributed by atoms with Gasteiger partial charge in [0.2, 0.25) is 0 Å². The van der Waals surface area contributed by atoms with Gasteiger partial charge < -0.3 is 10.2 Å². The predicted octanol–water partition coefficient (Wildman–Crippen LogP) is 3.72. The lowest BCUT2D eigenvalue weighted by Crippen LogP contribution is -2.06. The minimum atomic E-state index is -0.299. The van der Waals surface area contributed by atoms with Crippen LogP contribution in [0.3, 0.4) is 0 Å². The molecule has 0 saturated heterocycles. The van der Waals surface area contributed by atoms with Crippen molar-refractivity contribution in [1.82, 2.24) is 24.7 Å². The summed E-state index contributed by atoms with van der Waals surface area (Å²) in [6.07, 6.45) is 4.83. The van der Waals surface area contributed by atoms with Crippen molar-refractivity contribution in [3.05, 3.63) is 66.0 Å². The first-order chi connectivity index (χ1) is 14.2. The number of nitrogens with two attached hydrogens (primary N) is 1. The minimum Gasteiger partial charge on any atom is -0.448 e. The van der Waals surface area contributed by atoms with E-state index in [1.807, 2.05) is 0 Å². The first-order valence-electron chi connectivity index (χ1n) is 9.51. The van der Waals surface area contributed by atoms with Crippen molar-refractivity contribution in [1.29, 1.82) is 0 Å². The number of aromatic nitrogens is 5. The van der Waals surface area contributed by atoms with E-state index in [2.05, 4.69) is 20.1 Å². The molecule has 0 unspecified atom stereocenters. The summed E-state index contributed by atoms with van der Waals surface area (Å²) in [5.41, 5.74) is 7.42. The number of pyridine rings is 1. The molecule has 29 heavy (non-hydrogen) atoms. The van der Waals surface area contributed by atoms with E-state index in [1.165, 1.54) is 18.9 Å². The zero-order valence-electron chi connectivity index (χ0n) is 15.6. The van der Waals surface area contributed by atoms with E-state index in [4.69, 9.17) is 10.2 Å². The Hall–Kier alpha value is -3.55. The van der Waals surface area contributed by atoms with Crippen molar-refractivity contribution in [2.75, 3.05) is 5.73 Å². The summed E-state index contributed by atoms with van der Waals surface area (Å²) in [5, 5.41) is 4.56. The van der Waals surface area contributed by atoms with Crippen LogP contribution in [0.15, 0.2) is 53.1 Å². The quantitative estimate of drug-likeness (QED) is 0.539. The van der Waals surface area contributed by atoms with E-state index in [0.29, 0.717) is 46.2 Å². The molecule has 146 valence electrons. The molecule has 1 fully saturated rings. The Kier molecular flexibility index (Phi) is 4.31. The Labute approximate surface area is 166 Å². The third-order valence-corrected chi connectivity index (χ3v) is 4.89. The number of oxazole rings is 1. The molecule has 0 spiro atoms. The fourth-order valence-electron chi connectivity index (χ4n) is 3.19. The van der Waals surface area contributed by atoms with Crippen molar-refractivity contribution < 1.29 is 8.81 Å². The Morgan fingerprint density at radius 3 is 2.69 bits per heavy atom. The lowest BCUT2D eigenvalue weighted by molar-refractivity contribution is 0.482. The molecule has 2 N–H and O–H groups in total. The Morgan fingerprint density at radius 2 is 1.90 bits per heavy atom. The normalized spacial score (nSPS) is 13.7. The molecule has 1 aromatic carbocycles. The van der Waals surface area contributed by atoms with Crippen molar-refractivity contribution >= 4 is 5.82 Å². The summed E-state index contributed by atoms with van der Waals surface area (Å²) in [7, 11) is 0. The SMILES string of the molecule is Nc1cccc(-c2nc(-c3coc(CC4CC4)n3)n(Cc3ccccc3F)n2)n1. The summed E-state index contributed by atoms with van der Waals surface area (Å²) in [6, 6.07) is 11.9. The molecule has 8 heteroatoms. The number of hydrogen-bond donors (Lipinski definition) is 1. The van der Waals surface area contributed by atoms with Gasteiger partial charge in [-0.3, -0.25) is 0 Å². The highest BCUT2D eigenvalue weighted by atomic mass is 19.1. The average molecular weight is 390 g/mol. The van der Waals surface area contributed by atoms with Crippen molar-refractivity contribution in [2.45, 2.75) is 25.8 Å². The first kappa shape index (κ1) is 17.5. The molecule has 0 bridgehead atoms. The monoisotopic (exact) mass is 390 g/mol. The Bertz CT molecular complexity index is 1160. The largest absolute Gasteiger partial charge is 0.448 e. The van der Waals surface area contributed by atoms with Gasteiger partial charge in [-0.2, -0.15) is 0 Å². The number of nitrogen functional groups attached to an aromatic ring is 1. The van der Waals surface area contributed by atoms with Crippen LogP contribution in [0.2, 0.25) is 0 Å². The summed E-state index contributed by atoms with van der Waals surface area (Å²) >= 11 is 0. The molecule has 3 heterocycles. The standard InChI is InChI=1S/C21H19FN6O/c22-15-5-2-1-4-14(15)11-28-21(17-12-29-19(25-17)10-13-8-9-13)26-20(27-28)16-6-3-7-18(23)24-16/h1-7,12-13H,8-11H2,(H2,23,24). The highest BCUT2D eigenvalue weighted by Crippen LogP contribution is 2.33. The lowest BCUT2D eigenvalue weighted by Gasteiger charge is -2.05. The third kappa shape index (κ3) is 3.73. The Balaban J connectivity index is 1.55. The van der Waals surface area contributed by atoms with E-state index >= 15 is 0 Å². The van der Waals surface area contributed by atoms with E-state index in [9.17, 15) is 4.39 Å². The van der Waals surface area contributed by atoms with Crippen molar-refractivity contribution in [3.8, 4) is 23.0 Å². The molecule has 1 saturated carbocycles. The van der Waals surface area contributed by atoms with Gasteiger partial charge in [-0.25, -0.2) is 24.0 Å². The molecular formula is C21H19FN6O. The van der Waals surface area contributed by atoms with Crippen LogP contribution in [0.25, 0.3) is 23.0 Å². The number of hydrogen-bond acceptors (Lipinski definition) is 6. The fraction of sp³-hybridized carbons (Fsp3) is 0.238. The van der Waals surface area contributed by atoms with Crippen LogP contribution in [-0.2, 0) is 13.0 Å². The second kappa shape index (κ2) is 7.12. The molecule has 0 aliphatic heterocycles. The highest BCUT2D eigenvalue weighted by molar-refractivity contribution is 5.57. The predicted molar refractivity (Wildman–Crippen MR) is 105 cm³/mol. The van der Waals surface area contributed by atoms with Gasteiger partial charge in [0, 0.05) is 12.0 Å². The smallest absolute Gasteiger partial charge is 0.200 e. The first-order valence-corrected chi connectivity index (χ1v) is 9.51. The molecule has 1 aliphatic carbocycles. The maximum atomic E-state index is 14.2. The average Bonchev–Trinajstić information content (AvgIpc) is 3.23. The van der Waals surface area contributed by atoms with Crippen LogP contribution in [0.4, 0.5) is 10.2 Å². The highest BCUT2D eigenvalue weighted by Gasteiger charge is 2.25. The van der Waals surface area contributed by atoms with Gasteiger partial charge in [-0.05, 0) is 37.0 Å². The van der Waals surface area contributed by atoms with Gasteiger partial charge in [-0.15, -0.1) is 5.10 Å². The molecular weight excluding hydrogens is 371 g/mol. The summed E-state index contributed by atoms with van der Waals surface area (Å²) in [4.78, 5) is 13.5. The molecule has 4 aromatic rings. The molecule has 0 radical (unpaired) electrons. The summed E-state index contributed by atoms with van der Waals surface area (Å²) in [5.74, 6) is 2.32. The second-order valence-electron chi connectivity index (χ2n) is 7.23. The molecule has 1 aliphatic rings. The molecule has 5 rings (SSSR count). The summed E-state index contributed by atoms with van der Waals surface area (Å²) < 4.78 is 21.5. The molecule has 7 nitrogen and oxygen atoms in total. The zero-order chi connectivity index (χ0) is 19.8. The second-order valence-corrected chi connectivity index (χ2v) is 7.23. The van der Waals surface area contributed by atoms with E-state index < -0.39 is 0 Å². The van der Waals surface area contributed by atoms with Gasteiger partial charge in [0.15, 0.2) is 17.5 Å². The van der Waals surface area contributed by atoms with Crippen molar-refractivity contribution in [3.63, 3.8) is 0 Å². The maximum Gasteiger partial charge on any atom is 0.200 e. The maximum absolute atomic E-state index is 14.2. The van der Waals surface area contributed by atoms with Crippen LogP contribution >= 0.6 is 0 Å². The van der Waals surface area contributed by atoms with E-state index in [1.54, 1.807) is 47.3 Å². The van der Waals surface area contributed by atoms with Gasteiger partial charge in [0.25, 0.3) is 0 Å². The fourth-order valence-corrected chi connectivity index (χ4v) is 3.19. The molecule has 0 amide bonds. The van der Waals surface area contributed by atoms with Crippen LogP contribution < -0.4 is 5.73 Å². The van der Waals surface area contributed by atoms with Crippen LogP contribution in [0.5, 0.6) is 0 Å². The van der Waals surface area contributed by atoms with Crippen LogP contribution in [0.1, 0.15) is 24.3 Å². The number of halogens is 1. The minimum absolute atomic E-state index is 0.210. The van der Waals surface area contributed by atoms with Crippen LogP contribution in [-0.4, -0.2) is 24.7 Å². The number of rotatable bonds is 6. The zero-order valence-corrected chi connectivity index (χ0v) is 15.6. The van der Waals surface area contributed by atoms with Crippen molar-refractivity contribution in [2.24, 2.45) is 5.92 Å². The van der Waals surface area contributed by atoms with Gasteiger partial charge in [0.1, 0.15) is 29.3 Å². The van der Waals surface area contributed by atoms with Gasteiger partial charge in [-0.1, -0.05) is 24.3 Å². The van der Waals surface area contributed by atoms with Gasteiger partial charge >= 0.3 is 0 Å². The van der Waals surface area contributed by atoms with Gasteiger partial charge in [0.05, 0.1) is 6.54 Å². The number of nitrogens with zero attached hydrogens (tertiary/aromatic N) is 5. The van der Waals surface area contributed by atoms with Crippen LogP contribution in [0, 0.1) is 11.7 Å². The Morgan fingerprint density at radius 1 is 1.03 bits per heavy atom. The number of benzene rings is 1. The van der Waals surface area contributed by atoms with E-state index in [-0.39, 0.29) is 12.4 Å². The summed E-state index contributed by atoms with van der Waals surface area (Å²) in [6.45, 7) is 0.210. The lowest BCUT2D eigenvalue weighted by atomic mass is 10.2. The number of anilines is 1. The third-order valence-electron chi connectivity index (χ3n) is 4.89.